The van der Waals surface area contributed by atoms with Crippen LogP contribution in [0.25, 0.3) is 5.70 Å². The predicted molar refractivity (Wildman–Crippen MR) is 186 cm³/mol. The molecule has 2 aliphatic heterocycles. The predicted octanol–water partition coefficient (Wildman–Crippen LogP) is 5.23. The molecule has 0 spiro atoms. The molecule has 0 unspecified atom stereocenters. The van der Waals surface area contributed by atoms with Crippen LogP contribution in [0.4, 0.5) is 0 Å². The molecule has 0 radical (unpaired) electrons. The maximum atomic E-state index is 14.3. The zero-order valence-electron chi connectivity index (χ0n) is 28.2. The Morgan fingerprint density at radius 2 is 1.75 bits per heavy atom. The molecule has 2 aromatic rings. The van der Waals surface area contributed by atoms with Gasteiger partial charge in [0.15, 0.2) is 11.6 Å². The molecule has 8 rings (SSSR count). The average molecular weight is 644 g/mol. The third kappa shape index (κ3) is 5.28. The lowest BCUT2D eigenvalue weighted by Crippen LogP contribution is -2.57. The van der Waals surface area contributed by atoms with E-state index in [1.54, 1.807) is 18.5 Å². The summed E-state index contributed by atoms with van der Waals surface area (Å²) in [5.74, 6) is 1.92. The second-order valence-electron chi connectivity index (χ2n) is 15.0. The highest BCUT2D eigenvalue weighted by molar-refractivity contribution is 6.11. The molecule has 248 valence electrons. The van der Waals surface area contributed by atoms with Gasteiger partial charge in [0.1, 0.15) is 5.71 Å². The summed E-state index contributed by atoms with van der Waals surface area (Å²) in [6.07, 6.45) is 17.9. The van der Waals surface area contributed by atoms with Gasteiger partial charge in [0, 0.05) is 49.9 Å². The van der Waals surface area contributed by atoms with Crippen LogP contribution in [0.5, 0.6) is 0 Å². The van der Waals surface area contributed by atoms with Gasteiger partial charge in [-0.25, -0.2) is 0 Å². The van der Waals surface area contributed by atoms with Crippen LogP contribution in [0.1, 0.15) is 57.8 Å². The number of allylic oxidation sites excluding steroid dienone is 7. The van der Waals surface area contributed by atoms with E-state index in [2.05, 4.69) is 58.2 Å². The van der Waals surface area contributed by atoms with E-state index >= 15 is 0 Å². The summed E-state index contributed by atoms with van der Waals surface area (Å²) >= 11 is 0. The third-order valence-electron chi connectivity index (χ3n) is 12.2. The molecular weight excluding hydrogens is 598 g/mol. The Kier molecular flexibility index (Phi) is 7.79. The summed E-state index contributed by atoms with van der Waals surface area (Å²) in [5, 5.41) is 8.94. The molecule has 4 heterocycles. The molecule has 0 amide bonds. The first-order valence-corrected chi connectivity index (χ1v) is 17.6. The summed E-state index contributed by atoms with van der Waals surface area (Å²) in [4.78, 5) is 37.9. The Bertz CT molecular complexity index is 1760. The highest BCUT2D eigenvalue weighted by Crippen LogP contribution is 2.65. The molecular formula is C39H45N7O2. The van der Waals surface area contributed by atoms with E-state index in [1.165, 1.54) is 11.1 Å². The summed E-state index contributed by atoms with van der Waals surface area (Å²) in [6.45, 7) is 10.6. The Morgan fingerprint density at radius 1 is 1.00 bits per heavy atom. The number of hydrogen-bond donors (Lipinski definition) is 1. The van der Waals surface area contributed by atoms with Gasteiger partial charge < -0.3 is 0 Å². The fourth-order valence-electron chi connectivity index (χ4n) is 9.84. The molecule has 0 bridgehead atoms. The van der Waals surface area contributed by atoms with Crippen molar-refractivity contribution in [3.8, 4) is 0 Å². The van der Waals surface area contributed by atoms with Gasteiger partial charge in [-0.1, -0.05) is 49.3 Å². The van der Waals surface area contributed by atoms with E-state index in [4.69, 9.17) is 5.10 Å². The molecule has 3 fully saturated rings. The second-order valence-corrected chi connectivity index (χ2v) is 15.0. The number of aromatic nitrogens is 2. The summed E-state index contributed by atoms with van der Waals surface area (Å²) in [5.41, 5.74) is 9.29. The fraction of sp³-hybridized carbons (Fsp3) is 0.462. The molecule has 2 saturated carbocycles. The van der Waals surface area contributed by atoms with Crippen molar-refractivity contribution >= 4 is 23.0 Å². The summed E-state index contributed by atoms with van der Waals surface area (Å²) < 4.78 is 0. The number of nitrogens with one attached hydrogen (secondary N) is 1. The number of fused-ring (bicyclic) bond motifs is 5. The second kappa shape index (κ2) is 12.0. The fourth-order valence-corrected chi connectivity index (χ4v) is 9.84. The van der Waals surface area contributed by atoms with Crippen molar-refractivity contribution in [1.82, 2.24) is 30.5 Å². The zero-order chi connectivity index (χ0) is 33.0. The lowest BCUT2D eigenvalue weighted by molar-refractivity contribution is -0.131. The van der Waals surface area contributed by atoms with Crippen LogP contribution in [0.15, 0.2) is 95.4 Å². The molecule has 6 atom stereocenters. The Balaban J connectivity index is 0.945. The van der Waals surface area contributed by atoms with Crippen molar-refractivity contribution in [3.05, 3.63) is 102 Å². The number of hydrazine groups is 2. The van der Waals surface area contributed by atoms with Gasteiger partial charge in [-0.3, -0.25) is 29.9 Å². The van der Waals surface area contributed by atoms with Gasteiger partial charge in [0.25, 0.3) is 0 Å². The van der Waals surface area contributed by atoms with E-state index < -0.39 is 0 Å². The number of Topliss-reactive ketones (excluding diaryl/α,β-unsaturated/α-hetero) is 1. The maximum Gasteiger partial charge on any atom is 0.178 e. The summed E-state index contributed by atoms with van der Waals surface area (Å²) in [6, 6.07) is 11.7. The van der Waals surface area contributed by atoms with E-state index in [1.807, 2.05) is 53.8 Å². The van der Waals surface area contributed by atoms with Crippen LogP contribution < -0.4 is 5.43 Å². The Labute approximate surface area is 283 Å². The number of hydrogen-bond acceptors (Lipinski definition) is 9. The van der Waals surface area contributed by atoms with Gasteiger partial charge >= 0.3 is 0 Å². The van der Waals surface area contributed by atoms with E-state index in [9.17, 15) is 9.59 Å². The Hall–Kier alpha value is -4.21. The van der Waals surface area contributed by atoms with Crippen LogP contribution in [-0.4, -0.2) is 75.1 Å². The number of nitrogens with zero attached hydrogens (tertiary/aromatic N) is 6. The third-order valence-corrected chi connectivity index (χ3v) is 12.2. The first-order chi connectivity index (χ1) is 23.2. The number of pyridine rings is 2. The number of ketones is 2. The number of rotatable bonds is 6. The zero-order valence-corrected chi connectivity index (χ0v) is 28.2. The largest absolute Gasteiger partial charge is 0.298 e. The minimum atomic E-state index is -0.150. The monoisotopic (exact) mass is 643 g/mol. The average Bonchev–Trinajstić information content (AvgIpc) is 3.39. The van der Waals surface area contributed by atoms with Crippen molar-refractivity contribution < 1.29 is 9.59 Å². The molecule has 4 aliphatic carbocycles. The lowest BCUT2D eigenvalue weighted by atomic mass is 9.52. The van der Waals surface area contributed by atoms with Gasteiger partial charge in [0.05, 0.1) is 23.6 Å². The van der Waals surface area contributed by atoms with Crippen LogP contribution in [0, 0.1) is 34.5 Å². The van der Waals surface area contributed by atoms with Crippen molar-refractivity contribution in [2.75, 3.05) is 32.7 Å². The van der Waals surface area contributed by atoms with E-state index in [0.717, 1.165) is 74.7 Å². The molecule has 0 aromatic carbocycles. The van der Waals surface area contributed by atoms with Crippen molar-refractivity contribution in [2.45, 2.75) is 46.5 Å². The van der Waals surface area contributed by atoms with Crippen LogP contribution in [0.3, 0.4) is 0 Å². The van der Waals surface area contributed by atoms with E-state index in [0.29, 0.717) is 30.1 Å². The normalized spacial score (nSPS) is 33.4. The van der Waals surface area contributed by atoms with Crippen molar-refractivity contribution in [2.24, 2.45) is 39.6 Å². The van der Waals surface area contributed by atoms with Crippen LogP contribution >= 0.6 is 0 Å². The van der Waals surface area contributed by atoms with Gasteiger partial charge in [0.2, 0.25) is 0 Å². The van der Waals surface area contributed by atoms with Crippen molar-refractivity contribution in [1.29, 1.82) is 0 Å². The first kappa shape index (κ1) is 31.1. The van der Waals surface area contributed by atoms with Crippen LogP contribution in [-0.2, 0) is 9.59 Å². The SMILES string of the molecule is C[C@@H]1C[C@H]2[C@@H]3CCC4=CC(=O)C=C[C@]4(C)C3=CC[C@]2(C)[C@H]1C(=O)CN1CCN(N2N=C(c3ccccn3)C=C(c3ccccn3)N2)CC1. The molecule has 1 N–H and O–H groups in total. The minimum Gasteiger partial charge on any atom is -0.298 e. The first-order valence-electron chi connectivity index (χ1n) is 17.6. The van der Waals surface area contributed by atoms with Crippen LogP contribution in [0.2, 0.25) is 0 Å². The molecule has 2 aromatic heterocycles. The highest BCUT2D eigenvalue weighted by atomic mass is 16.1. The molecule has 6 aliphatic rings. The molecule has 1 saturated heterocycles. The van der Waals surface area contributed by atoms with Gasteiger partial charge in [-0.2, -0.15) is 5.01 Å². The molecule has 9 nitrogen and oxygen atoms in total. The lowest BCUT2D eigenvalue weighted by Gasteiger charge is -2.52. The number of carbonyl (C=O) groups is 2. The maximum absolute atomic E-state index is 14.3. The number of carbonyl (C=O) groups excluding carboxylic acids is 2. The molecule has 9 heteroatoms. The number of hydrazone groups is 1. The summed E-state index contributed by atoms with van der Waals surface area (Å²) in [7, 11) is 0. The van der Waals surface area contributed by atoms with E-state index in [-0.39, 0.29) is 22.5 Å². The Morgan fingerprint density at radius 3 is 2.48 bits per heavy atom. The minimum absolute atomic E-state index is 0.0270. The smallest absolute Gasteiger partial charge is 0.178 e. The number of piperazine rings is 1. The standard InChI is InChI=1S/C39H45N7O2/c1-26-22-31-29-11-10-27-23-28(47)12-14-38(27,2)30(29)13-15-39(31,3)37(26)36(48)25-44-18-20-45(21-19-44)46-42-34(32-8-4-6-16-40-32)24-35(43-46)33-9-5-7-17-41-33/h4-9,12-14,16-17,23-24,26,29,31,37,42H,10-11,15,18-22,25H2,1-3H3/t26-,29-,31+,37-,38+,39+/m1/s1. The highest BCUT2D eigenvalue weighted by Gasteiger charge is 2.59. The topological polar surface area (TPSA) is 94.0 Å². The van der Waals surface area contributed by atoms with Gasteiger partial charge in [-0.05, 0) is 98.3 Å². The quantitative estimate of drug-likeness (QED) is 0.428. The van der Waals surface area contributed by atoms with Gasteiger partial charge in [-0.15, -0.1) is 10.3 Å². The molecule has 48 heavy (non-hydrogen) atoms. The van der Waals surface area contributed by atoms with Crippen molar-refractivity contribution in [3.63, 3.8) is 0 Å².